The van der Waals surface area contributed by atoms with Gasteiger partial charge in [0, 0.05) is 30.4 Å². The largest absolute Gasteiger partial charge is 0.453 e. The van der Waals surface area contributed by atoms with Gasteiger partial charge in [0.15, 0.2) is 0 Å². The van der Waals surface area contributed by atoms with Crippen molar-refractivity contribution >= 4 is 11.6 Å². The van der Waals surface area contributed by atoms with Gasteiger partial charge < -0.3 is 5.32 Å². The fraction of sp³-hybridized carbons (Fsp3) is 0.286. The second-order valence-electron chi connectivity index (χ2n) is 5.07. The van der Waals surface area contributed by atoms with Gasteiger partial charge in [-0.3, -0.25) is 4.98 Å². The topological polar surface area (TPSA) is 68.0 Å². The van der Waals surface area contributed by atoms with E-state index in [4.69, 9.17) is 0 Å². The number of aryl methyl sites for hydroxylation is 1. The number of nitrogens with one attached hydrogen (secondary N) is 1. The van der Waals surface area contributed by atoms with Gasteiger partial charge in [-0.05, 0) is 19.1 Å². The van der Waals surface area contributed by atoms with Crippen LogP contribution >= 0.6 is 0 Å². The van der Waals surface area contributed by atoms with Gasteiger partial charge in [-0.1, -0.05) is 0 Å². The second kappa shape index (κ2) is 6.02. The lowest BCUT2D eigenvalue weighted by atomic mass is 10.2. The summed E-state index contributed by atoms with van der Waals surface area (Å²) in [5, 5.41) is 6.43. The van der Waals surface area contributed by atoms with Crippen LogP contribution in [-0.2, 0) is 12.6 Å². The van der Waals surface area contributed by atoms with Crippen LogP contribution in [0.4, 0.5) is 23.4 Å². The maximum absolute atomic E-state index is 12.8. The number of pyridine rings is 1. The van der Waals surface area contributed by atoms with E-state index in [0.717, 1.165) is 10.7 Å². The van der Waals surface area contributed by atoms with Crippen molar-refractivity contribution in [1.29, 1.82) is 0 Å². The first kappa shape index (κ1) is 16.1. The van der Waals surface area contributed by atoms with Crippen LogP contribution in [0.15, 0.2) is 24.4 Å². The van der Waals surface area contributed by atoms with Crippen LogP contribution < -0.4 is 5.32 Å². The summed E-state index contributed by atoms with van der Waals surface area (Å²) in [6, 6.07) is 4.41. The number of rotatable bonds is 4. The number of fused-ring (bicyclic) bond motifs is 1. The third-order valence-electron chi connectivity index (χ3n) is 3.17. The van der Waals surface area contributed by atoms with Crippen molar-refractivity contribution in [2.24, 2.45) is 0 Å². The monoisotopic (exact) mass is 340 g/mol. The van der Waals surface area contributed by atoms with Crippen molar-refractivity contribution in [3.8, 4) is 0 Å². The van der Waals surface area contributed by atoms with Gasteiger partial charge in [-0.25, -0.2) is 9.37 Å². The van der Waals surface area contributed by atoms with Gasteiger partial charge in [0.25, 0.3) is 11.6 Å². The van der Waals surface area contributed by atoms with Crippen LogP contribution in [0, 0.1) is 12.7 Å². The molecular weight excluding hydrogens is 328 g/mol. The van der Waals surface area contributed by atoms with Gasteiger partial charge in [0.05, 0.1) is 6.20 Å². The number of anilines is 1. The van der Waals surface area contributed by atoms with E-state index in [0.29, 0.717) is 30.2 Å². The summed E-state index contributed by atoms with van der Waals surface area (Å²) in [7, 11) is 0. The van der Waals surface area contributed by atoms with Crippen molar-refractivity contribution in [2.75, 3.05) is 11.9 Å². The van der Waals surface area contributed by atoms with E-state index >= 15 is 0 Å². The van der Waals surface area contributed by atoms with Crippen LogP contribution in [-0.4, -0.2) is 31.1 Å². The van der Waals surface area contributed by atoms with Crippen LogP contribution in [0.1, 0.15) is 17.2 Å². The molecule has 0 unspecified atom stereocenters. The van der Waals surface area contributed by atoms with Gasteiger partial charge in [0.2, 0.25) is 0 Å². The van der Waals surface area contributed by atoms with Gasteiger partial charge >= 0.3 is 6.18 Å². The molecule has 3 aromatic rings. The maximum Gasteiger partial charge on any atom is 0.453 e. The zero-order valence-electron chi connectivity index (χ0n) is 12.5. The lowest BCUT2D eigenvalue weighted by molar-refractivity contribution is -0.144. The number of alkyl halides is 3. The Morgan fingerprint density at radius 1 is 1.21 bits per heavy atom. The Balaban J connectivity index is 1.80. The summed E-state index contributed by atoms with van der Waals surface area (Å²) in [4.78, 5) is 11.3. The summed E-state index contributed by atoms with van der Waals surface area (Å²) < 4.78 is 52.0. The Hall–Kier alpha value is -2.78. The van der Waals surface area contributed by atoms with Crippen molar-refractivity contribution in [3.05, 3.63) is 47.4 Å². The fourth-order valence-electron chi connectivity index (χ4n) is 2.11. The van der Waals surface area contributed by atoms with Crippen molar-refractivity contribution < 1.29 is 17.6 Å². The molecule has 0 amide bonds. The van der Waals surface area contributed by atoms with E-state index in [1.807, 2.05) is 0 Å². The van der Waals surface area contributed by atoms with Gasteiger partial charge in [-0.2, -0.15) is 22.7 Å². The SMILES string of the molecule is Cc1cc(NCCc2ccc(F)cn2)n2nc(C(F)(F)F)nc2n1. The molecule has 24 heavy (non-hydrogen) atoms. The van der Waals surface area contributed by atoms with Crippen molar-refractivity contribution in [1.82, 2.24) is 24.6 Å². The molecule has 3 rings (SSSR count). The Bertz CT molecular complexity index is 856. The molecule has 0 fully saturated rings. The summed E-state index contributed by atoms with van der Waals surface area (Å²) in [6.45, 7) is 2.02. The first-order valence-electron chi connectivity index (χ1n) is 6.99. The molecule has 6 nitrogen and oxygen atoms in total. The van der Waals surface area contributed by atoms with Crippen LogP contribution in [0.25, 0.3) is 5.78 Å². The van der Waals surface area contributed by atoms with E-state index in [2.05, 4.69) is 25.4 Å². The highest BCUT2D eigenvalue weighted by Crippen LogP contribution is 2.27. The molecule has 0 saturated heterocycles. The molecule has 0 saturated carbocycles. The maximum atomic E-state index is 12.8. The highest BCUT2D eigenvalue weighted by atomic mass is 19.4. The number of aromatic nitrogens is 5. The molecule has 0 bridgehead atoms. The Morgan fingerprint density at radius 3 is 2.67 bits per heavy atom. The number of hydrogen-bond acceptors (Lipinski definition) is 5. The first-order chi connectivity index (χ1) is 11.3. The number of halogens is 4. The Labute approximate surface area is 133 Å². The number of nitrogens with zero attached hydrogens (tertiary/aromatic N) is 5. The molecule has 0 spiro atoms. The average Bonchev–Trinajstić information content (AvgIpc) is 2.93. The standard InChI is InChI=1S/C14H12F4N6/c1-8-6-11(19-5-4-10-3-2-9(15)7-20-10)24-13(21-8)22-12(23-24)14(16,17)18/h2-3,6-7,19H,4-5H2,1H3. The van der Waals surface area contributed by atoms with Crippen LogP contribution in [0.3, 0.4) is 0 Å². The predicted molar refractivity (Wildman–Crippen MR) is 76.9 cm³/mol. The van der Waals surface area contributed by atoms with E-state index in [9.17, 15) is 17.6 Å². The third-order valence-corrected chi connectivity index (χ3v) is 3.17. The van der Waals surface area contributed by atoms with E-state index in [1.54, 1.807) is 19.1 Å². The zero-order chi connectivity index (χ0) is 17.3. The molecule has 0 aromatic carbocycles. The molecule has 0 aliphatic heterocycles. The molecule has 3 heterocycles. The summed E-state index contributed by atoms with van der Waals surface area (Å²) in [5.74, 6) is -1.48. The van der Waals surface area contributed by atoms with E-state index in [-0.39, 0.29) is 5.78 Å². The smallest absolute Gasteiger partial charge is 0.369 e. The third kappa shape index (κ3) is 3.42. The summed E-state index contributed by atoms with van der Waals surface area (Å²) >= 11 is 0. The van der Waals surface area contributed by atoms with Crippen molar-refractivity contribution in [2.45, 2.75) is 19.5 Å². The minimum absolute atomic E-state index is 0.135. The molecule has 10 heteroatoms. The number of hydrogen-bond donors (Lipinski definition) is 1. The molecule has 0 aliphatic rings. The van der Waals surface area contributed by atoms with E-state index in [1.165, 1.54) is 6.07 Å². The highest BCUT2D eigenvalue weighted by molar-refractivity contribution is 5.45. The van der Waals surface area contributed by atoms with Gasteiger partial charge in [-0.15, -0.1) is 5.10 Å². The predicted octanol–water partition coefficient (Wildman–Crippen LogP) is 2.64. The first-order valence-corrected chi connectivity index (χ1v) is 6.99. The fourth-order valence-corrected chi connectivity index (χ4v) is 2.11. The lowest BCUT2D eigenvalue weighted by Crippen LogP contribution is -2.11. The van der Waals surface area contributed by atoms with Crippen LogP contribution in [0.5, 0.6) is 0 Å². The summed E-state index contributed by atoms with van der Waals surface area (Å²) in [6.07, 6.45) is -3.07. The minimum atomic E-state index is -4.64. The Kier molecular flexibility index (Phi) is 4.04. The molecule has 1 N–H and O–H groups in total. The molecule has 126 valence electrons. The molecule has 0 radical (unpaired) electrons. The van der Waals surface area contributed by atoms with E-state index < -0.39 is 17.8 Å². The normalized spacial score (nSPS) is 11.9. The molecule has 0 atom stereocenters. The molecule has 3 aromatic heterocycles. The average molecular weight is 340 g/mol. The lowest BCUT2D eigenvalue weighted by Gasteiger charge is -2.08. The molecule has 0 aliphatic carbocycles. The van der Waals surface area contributed by atoms with Gasteiger partial charge in [0.1, 0.15) is 11.6 Å². The van der Waals surface area contributed by atoms with Crippen LogP contribution in [0.2, 0.25) is 0 Å². The Morgan fingerprint density at radius 2 is 2.00 bits per heavy atom. The minimum Gasteiger partial charge on any atom is -0.369 e. The molecular formula is C14H12F4N6. The summed E-state index contributed by atoms with van der Waals surface area (Å²) in [5.41, 5.74) is 1.16. The zero-order valence-corrected chi connectivity index (χ0v) is 12.5. The second-order valence-corrected chi connectivity index (χ2v) is 5.07. The highest BCUT2D eigenvalue weighted by Gasteiger charge is 2.36. The quantitative estimate of drug-likeness (QED) is 0.740. The van der Waals surface area contributed by atoms with Crippen molar-refractivity contribution in [3.63, 3.8) is 0 Å².